The predicted octanol–water partition coefficient (Wildman–Crippen LogP) is 3.84. The SMILES string of the molecule is Cc1cc(C(=O)Nc2cc(C(N)=S)ccc2C)ccc1Cl. The van der Waals surface area contributed by atoms with Gasteiger partial charge in [0.1, 0.15) is 4.99 Å². The Labute approximate surface area is 134 Å². The van der Waals surface area contributed by atoms with Gasteiger partial charge in [0.2, 0.25) is 0 Å². The molecule has 0 aliphatic carbocycles. The van der Waals surface area contributed by atoms with Crippen molar-refractivity contribution in [3.63, 3.8) is 0 Å². The van der Waals surface area contributed by atoms with E-state index in [0.717, 1.165) is 16.7 Å². The Kier molecular flexibility index (Phi) is 4.60. The Balaban J connectivity index is 2.28. The second kappa shape index (κ2) is 6.24. The van der Waals surface area contributed by atoms with Crippen molar-refractivity contribution in [1.82, 2.24) is 0 Å². The average Bonchev–Trinajstić information content (AvgIpc) is 2.43. The first-order chi connectivity index (χ1) is 9.88. The number of carbonyl (C=O) groups excluding carboxylic acids is 1. The molecule has 2 aromatic rings. The highest BCUT2D eigenvalue weighted by Gasteiger charge is 2.10. The van der Waals surface area contributed by atoms with Crippen molar-refractivity contribution in [2.24, 2.45) is 5.73 Å². The fraction of sp³-hybridized carbons (Fsp3) is 0.125. The molecule has 0 aromatic heterocycles. The van der Waals surface area contributed by atoms with Crippen LogP contribution in [-0.2, 0) is 0 Å². The zero-order chi connectivity index (χ0) is 15.6. The van der Waals surface area contributed by atoms with Crippen LogP contribution >= 0.6 is 23.8 Å². The van der Waals surface area contributed by atoms with Gasteiger partial charge >= 0.3 is 0 Å². The topological polar surface area (TPSA) is 55.1 Å². The molecule has 0 fully saturated rings. The minimum atomic E-state index is -0.196. The minimum absolute atomic E-state index is 0.196. The molecule has 2 rings (SSSR count). The summed E-state index contributed by atoms with van der Waals surface area (Å²) in [6, 6.07) is 10.6. The fourth-order valence-corrected chi connectivity index (χ4v) is 2.13. The number of nitrogens with two attached hydrogens (primary N) is 1. The van der Waals surface area contributed by atoms with E-state index in [2.05, 4.69) is 5.32 Å². The first-order valence-electron chi connectivity index (χ1n) is 6.36. The van der Waals surface area contributed by atoms with Gasteiger partial charge in [0, 0.05) is 21.8 Å². The van der Waals surface area contributed by atoms with Crippen LogP contribution in [0.3, 0.4) is 0 Å². The van der Waals surface area contributed by atoms with Crippen molar-refractivity contribution in [1.29, 1.82) is 0 Å². The summed E-state index contributed by atoms with van der Waals surface area (Å²) in [6.45, 7) is 3.77. The number of aryl methyl sites for hydroxylation is 2. The number of carbonyl (C=O) groups is 1. The molecule has 3 nitrogen and oxygen atoms in total. The number of benzene rings is 2. The van der Waals surface area contributed by atoms with Crippen LogP contribution in [0.15, 0.2) is 36.4 Å². The molecule has 1 amide bonds. The summed E-state index contributed by atoms with van der Waals surface area (Å²) in [6.07, 6.45) is 0. The lowest BCUT2D eigenvalue weighted by Gasteiger charge is -2.11. The first kappa shape index (κ1) is 15.5. The zero-order valence-corrected chi connectivity index (χ0v) is 13.3. The van der Waals surface area contributed by atoms with Gasteiger partial charge in [-0.25, -0.2) is 0 Å². The van der Waals surface area contributed by atoms with Gasteiger partial charge < -0.3 is 11.1 Å². The van der Waals surface area contributed by atoms with Crippen LogP contribution in [0.5, 0.6) is 0 Å². The number of nitrogens with one attached hydrogen (secondary N) is 1. The quantitative estimate of drug-likeness (QED) is 0.845. The van der Waals surface area contributed by atoms with Crippen molar-refractivity contribution < 1.29 is 4.79 Å². The molecule has 21 heavy (non-hydrogen) atoms. The van der Waals surface area contributed by atoms with E-state index in [-0.39, 0.29) is 5.91 Å². The van der Waals surface area contributed by atoms with E-state index >= 15 is 0 Å². The van der Waals surface area contributed by atoms with E-state index in [0.29, 0.717) is 21.3 Å². The van der Waals surface area contributed by atoms with E-state index < -0.39 is 0 Å². The third-order valence-electron chi connectivity index (χ3n) is 3.19. The number of anilines is 1. The minimum Gasteiger partial charge on any atom is -0.389 e. The molecule has 0 saturated heterocycles. The maximum absolute atomic E-state index is 12.3. The van der Waals surface area contributed by atoms with Gasteiger partial charge in [-0.1, -0.05) is 36.0 Å². The molecular weight excluding hydrogens is 304 g/mol. The van der Waals surface area contributed by atoms with Gasteiger partial charge in [0.25, 0.3) is 5.91 Å². The van der Waals surface area contributed by atoms with Crippen LogP contribution in [0.1, 0.15) is 27.0 Å². The summed E-state index contributed by atoms with van der Waals surface area (Å²) >= 11 is 10.9. The van der Waals surface area contributed by atoms with Crippen molar-refractivity contribution in [2.75, 3.05) is 5.32 Å². The Morgan fingerprint density at radius 2 is 1.76 bits per heavy atom. The lowest BCUT2D eigenvalue weighted by atomic mass is 10.1. The Morgan fingerprint density at radius 3 is 2.38 bits per heavy atom. The summed E-state index contributed by atoms with van der Waals surface area (Å²) in [5.74, 6) is -0.196. The molecule has 0 radical (unpaired) electrons. The standard InChI is InChI=1S/C16H15ClN2OS/c1-9-3-4-11(15(18)21)8-14(9)19-16(20)12-5-6-13(17)10(2)7-12/h3-8H,1-2H3,(H2,18,21)(H,19,20). The van der Waals surface area contributed by atoms with Gasteiger partial charge in [0.05, 0.1) is 0 Å². The van der Waals surface area contributed by atoms with E-state index in [9.17, 15) is 4.79 Å². The van der Waals surface area contributed by atoms with E-state index in [1.807, 2.05) is 26.0 Å². The number of hydrogen-bond donors (Lipinski definition) is 2. The summed E-state index contributed by atoms with van der Waals surface area (Å²) in [7, 11) is 0. The van der Waals surface area contributed by atoms with Crippen LogP contribution in [0.2, 0.25) is 5.02 Å². The molecule has 0 aliphatic rings. The lowest BCUT2D eigenvalue weighted by molar-refractivity contribution is 0.102. The van der Waals surface area contributed by atoms with Gasteiger partial charge in [-0.2, -0.15) is 0 Å². The highest BCUT2D eigenvalue weighted by molar-refractivity contribution is 7.80. The molecule has 0 aliphatic heterocycles. The van der Waals surface area contributed by atoms with E-state index in [1.165, 1.54) is 0 Å². The van der Waals surface area contributed by atoms with E-state index in [1.54, 1.807) is 24.3 Å². The fourth-order valence-electron chi connectivity index (χ4n) is 1.89. The molecule has 0 spiro atoms. The average molecular weight is 319 g/mol. The Morgan fingerprint density at radius 1 is 1.10 bits per heavy atom. The molecule has 108 valence electrons. The van der Waals surface area contributed by atoms with Gasteiger partial charge in [-0.05, 0) is 49.2 Å². The maximum atomic E-state index is 12.3. The maximum Gasteiger partial charge on any atom is 0.255 e. The Bertz CT molecular complexity index is 728. The largest absolute Gasteiger partial charge is 0.389 e. The third-order valence-corrected chi connectivity index (χ3v) is 3.85. The van der Waals surface area contributed by atoms with Crippen molar-refractivity contribution in [3.8, 4) is 0 Å². The number of thiocarbonyl (C=S) groups is 1. The smallest absolute Gasteiger partial charge is 0.255 e. The summed E-state index contributed by atoms with van der Waals surface area (Å²) in [5.41, 5.74) is 9.38. The van der Waals surface area contributed by atoms with Crippen molar-refractivity contribution in [3.05, 3.63) is 63.7 Å². The lowest BCUT2D eigenvalue weighted by Crippen LogP contribution is -2.15. The number of halogens is 1. The van der Waals surface area contributed by atoms with Crippen LogP contribution in [0, 0.1) is 13.8 Å². The number of rotatable bonds is 3. The second-order valence-electron chi connectivity index (χ2n) is 4.81. The molecule has 0 saturated carbocycles. The molecular formula is C16H15ClN2OS. The van der Waals surface area contributed by atoms with Gasteiger partial charge in [0.15, 0.2) is 0 Å². The van der Waals surface area contributed by atoms with E-state index in [4.69, 9.17) is 29.6 Å². The molecule has 5 heteroatoms. The molecule has 3 N–H and O–H groups in total. The molecule has 0 unspecified atom stereocenters. The second-order valence-corrected chi connectivity index (χ2v) is 5.66. The van der Waals surface area contributed by atoms with Gasteiger partial charge in [-0.15, -0.1) is 0 Å². The molecule has 2 aromatic carbocycles. The normalized spacial score (nSPS) is 10.2. The summed E-state index contributed by atoms with van der Waals surface area (Å²) in [5, 5.41) is 3.51. The van der Waals surface area contributed by atoms with Crippen LogP contribution in [-0.4, -0.2) is 10.9 Å². The third kappa shape index (κ3) is 3.60. The first-order valence-corrected chi connectivity index (χ1v) is 7.15. The van der Waals surface area contributed by atoms with Crippen LogP contribution < -0.4 is 11.1 Å². The van der Waals surface area contributed by atoms with Crippen LogP contribution in [0.25, 0.3) is 0 Å². The number of hydrogen-bond acceptors (Lipinski definition) is 2. The zero-order valence-electron chi connectivity index (χ0n) is 11.7. The highest BCUT2D eigenvalue weighted by Crippen LogP contribution is 2.20. The summed E-state index contributed by atoms with van der Waals surface area (Å²) in [4.78, 5) is 12.6. The van der Waals surface area contributed by atoms with Crippen molar-refractivity contribution >= 4 is 40.4 Å². The predicted molar refractivity (Wildman–Crippen MR) is 91.2 cm³/mol. The Hall–Kier alpha value is -1.91. The molecule has 0 heterocycles. The molecule has 0 atom stereocenters. The number of amides is 1. The van der Waals surface area contributed by atoms with Crippen LogP contribution in [0.4, 0.5) is 5.69 Å². The highest BCUT2D eigenvalue weighted by atomic mass is 35.5. The monoisotopic (exact) mass is 318 g/mol. The van der Waals surface area contributed by atoms with Gasteiger partial charge in [-0.3, -0.25) is 4.79 Å². The molecule has 0 bridgehead atoms. The summed E-state index contributed by atoms with van der Waals surface area (Å²) < 4.78 is 0. The van der Waals surface area contributed by atoms with Crippen molar-refractivity contribution in [2.45, 2.75) is 13.8 Å².